The second-order valence-corrected chi connectivity index (χ2v) is 11.9. The zero-order chi connectivity index (χ0) is 49.2. The van der Waals surface area contributed by atoms with Crippen LogP contribution in [0.15, 0.2) is 116 Å². The maximum Gasteiger partial charge on any atom is 0.297 e. The van der Waals surface area contributed by atoms with E-state index in [1.807, 2.05) is 0 Å². The van der Waals surface area contributed by atoms with Crippen molar-refractivity contribution in [2.24, 2.45) is 25.0 Å². The summed E-state index contributed by atoms with van der Waals surface area (Å²) in [6.07, 6.45) is 6.30. The molecule has 0 fully saturated rings. The summed E-state index contributed by atoms with van der Waals surface area (Å²) in [6.45, 7) is 4.98. The molecule has 0 aromatic heterocycles. The van der Waals surface area contributed by atoms with Gasteiger partial charge in [0.1, 0.15) is 11.5 Å². The van der Waals surface area contributed by atoms with Gasteiger partial charge in [0.05, 0.1) is 36.0 Å². The minimum Gasteiger partial charge on any atom is -0.258 e. The topological polar surface area (TPSA) is 363 Å². The minimum absolute atomic E-state index is 0.0117. The Hall–Kier alpha value is -9.78. The van der Waals surface area contributed by atoms with Gasteiger partial charge in [-0.2, -0.15) is 25.0 Å². The number of aliphatic imine (C=N–C) groups is 5. The second-order valence-electron chi connectivity index (χ2n) is 11.5. The molecule has 0 heterocycles. The van der Waals surface area contributed by atoms with E-state index in [4.69, 9.17) is 11.6 Å². The van der Waals surface area contributed by atoms with Crippen LogP contribution >= 0.6 is 11.6 Å². The lowest BCUT2D eigenvalue weighted by Gasteiger charge is -1.96. The first-order chi connectivity index (χ1) is 30.7. The van der Waals surface area contributed by atoms with Crippen LogP contribution in [0, 0.1) is 77.2 Å². The maximum atomic E-state index is 12.7. The molecular weight excluding hydrogens is 891 g/mol. The third-order valence-electron chi connectivity index (χ3n) is 7.22. The van der Waals surface area contributed by atoms with Gasteiger partial charge in [0.25, 0.3) is 28.4 Å². The molecule has 0 N–H and O–H groups in total. The first-order valence-corrected chi connectivity index (χ1v) is 17.1. The quantitative estimate of drug-likeness (QED) is 0.0544. The van der Waals surface area contributed by atoms with E-state index >= 15 is 0 Å². The Bertz CT molecular complexity index is 2760. The van der Waals surface area contributed by atoms with Gasteiger partial charge in [-0.15, -0.1) is 0 Å². The number of halogens is 2. The lowest BCUT2D eigenvalue weighted by atomic mass is 10.2. The summed E-state index contributed by atoms with van der Waals surface area (Å²) < 4.78 is 12.7. The molecule has 0 aliphatic heterocycles. The minimum atomic E-state index is -0.797. The van der Waals surface area contributed by atoms with Crippen molar-refractivity contribution >= 4 is 98.9 Å². The number of isocyanates is 5. The summed E-state index contributed by atoms with van der Waals surface area (Å²) >= 11 is 5.52. The summed E-state index contributed by atoms with van der Waals surface area (Å²) in [6, 6.07) is 19.3. The monoisotopic (exact) mass is 914 g/mol. The largest absolute Gasteiger partial charge is 0.297 e. The van der Waals surface area contributed by atoms with Gasteiger partial charge in [-0.05, 0) is 68.3 Å². The number of carbonyl (C=O) groups excluding carboxylic acids is 5. The Morgan fingerprint density at radius 2 is 0.892 bits per heavy atom. The number of hydrogen-bond donors (Lipinski definition) is 0. The maximum absolute atomic E-state index is 12.7. The number of rotatable bonds is 10. The molecule has 0 aliphatic rings. The predicted octanol–water partition coefficient (Wildman–Crippen LogP) is 9.53. The fourth-order valence-corrected chi connectivity index (χ4v) is 4.47. The highest BCUT2D eigenvalue weighted by Crippen LogP contribution is 2.30. The van der Waals surface area contributed by atoms with E-state index in [9.17, 15) is 78.9 Å². The molecule has 0 saturated carbocycles. The lowest BCUT2D eigenvalue weighted by molar-refractivity contribution is -0.385. The van der Waals surface area contributed by atoms with Crippen molar-refractivity contribution in [1.29, 1.82) is 0 Å². The van der Waals surface area contributed by atoms with Crippen molar-refractivity contribution < 1.29 is 53.0 Å². The standard InChI is InChI=1S/3C8H6N2O3.C7H3ClN2O3.C7H3FN2O3/c1-6-4-7(10(12)13)2-3-8(6)9-5-11;1-6-2-3-7(9-5-11)4-8(6)10(12)13;1-6-2-3-7(9-5-11)8(4-6)10(12)13;8-5-1-2-6(9-4-11)7(3-5)10(12)13;8-6-2-1-5(10(12)13)3-7(6)9-4-11/h3*2-4H,1H3;2*1-3H. The van der Waals surface area contributed by atoms with Crippen LogP contribution in [0.1, 0.15) is 16.7 Å². The van der Waals surface area contributed by atoms with Gasteiger partial charge >= 0.3 is 0 Å². The third kappa shape index (κ3) is 18.2. The number of aryl methyl sites for hydroxylation is 3. The van der Waals surface area contributed by atoms with Crippen molar-refractivity contribution in [3.63, 3.8) is 0 Å². The van der Waals surface area contributed by atoms with Crippen LogP contribution in [0.4, 0.5) is 61.3 Å². The Labute approximate surface area is 366 Å². The molecule has 0 atom stereocenters. The number of non-ortho nitro benzene ring substituents is 2. The third-order valence-corrected chi connectivity index (χ3v) is 7.46. The first-order valence-electron chi connectivity index (χ1n) is 16.8. The summed E-state index contributed by atoms with van der Waals surface area (Å²) in [5.74, 6) is -0.797. The molecule has 65 heavy (non-hydrogen) atoms. The van der Waals surface area contributed by atoms with Crippen molar-refractivity contribution in [2.45, 2.75) is 20.8 Å². The van der Waals surface area contributed by atoms with Gasteiger partial charge in [-0.1, -0.05) is 23.7 Å². The first kappa shape index (κ1) is 53.2. The fraction of sp³-hybridized carbons (Fsp3) is 0.0789. The molecule has 0 aliphatic carbocycles. The molecule has 0 unspecified atom stereocenters. The zero-order valence-electron chi connectivity index (χ0n) is 33.0. The van der Waals surface area contributed by atoms with E-state index in [-0.39, 0.29) is 56.2 Å². The molecule has 0 saturated heterocycles. The molecule has 0 spiro atoms. The number of benzene rings is 5. The number of nitrogens with zero attached hydrogens (tertiary/aromatic N) is 10. The van der Waals surface area contributed by atoms with Crippen LogP contribution < -0.4 is 0 Å². The van der Waals surface area contributed by atoms with Gasteiger partial charge < -0.3 is 0 Å². The Morgan fingerprint density at radius 1 is 0.446 bits per heavy atom. The molecule has 330 valence electrons. The van der Waals surface area contributed by atoms with Crippen LogP contribution in [-0.4, -0.2) is 55.0 Å². The summed E-state index contributed by atoms with van der Waals surface area (Å²) in [4.78, 5) is 114. The summed E-state index contributed by atoms with van der Waals surface area (Å²) in [5.41, 5.74) is 1.24. The normalized spacial score (nSPS) is 9.00. The van der Waals surface area contributed by atoms with Gasteiger partial charge in [0.2, 0.25) is 30.4 Å². The fourth-order valence-electron chi connectivity index (χ4n) is 4.30. The number of hydrogen-bond acceptors (Lipinski definition) is 20. The smallest absolute Gasteiger partial charge is 0.258 e. The van der Waals surface area contributed by atoms with Gasteiger partial charge in [0.15, 0.2) is 11.4 Å². The lowest BCUT2D eigenvalue weighted by Crippen LogP contribution is -1.90. The second kappa shape index (κ2) is 27.1. The van der Waals surface area contributed by atoms with Crippen molar-refractivity contribution in [3.05, 3.63) is 169 Å². The number of nitro groups is 5. The van der Waals surface area contributed by atoms with Crippen LogP contribution in [0.25, 0.3) is 0 Å². The summed E-state index contributed by atoms with van der Waals surface area (Å²) in [5, 5.41) is 52.1. The van der Waals surface area contributed by atoms with Gasteiger partial charge in [-0.3, -0.25) is 50.6 Å². The molecular formula is C38H24ClFN10O15. The highest BCUT2D eigenvalue weighted by atomic mass is 35.5. The molecule has 5 aromatic rings. The van der Waals surface area contributed by atoms with E-state index in [2.05, 4.69) is 25.0 Å². The number of nitro benzene ring substituents is 5. The van der Waals surface area contributed by atoms with Crippen LogP contribution in [0.5, 0.6) is 0 Å². The van der Waals surface area contributed by atoms with E-state index in [0.29, 0.717) is 16.8 Å². The summed E-state index contributed by atoms with van der Waals surface area (Å²) in [7, 11) is 0. The van der Waals surface area contributed by atoms with E-state index in [0.717, 1.165) is 35.9 Å². The molecule has 5 rings (SSSR count). The molecule has 5 aromatic carbocycles. The average Bonchev–Trinajstić information content (AvgIpc) is 3.25. The van der Waals surface area contributed by atoms with Crippen molar-refractivity contribution in [2.75, 3.05) is 0 Å². The van der Waals surface area contributed by atoms with Gasteiger partial charge in [-0.25, -0.2) is 28.4 Å². The van der Waals surface area contributed by atoms with Crippen LogP contribution in [-0.2, 0) is 24.0 Å². The van der Waals surface area contributed by atoms with E-state index in [1.54, 1.807) is 26.8 Å². The molecule has 0 amide bonds. The highest BCUT2D eigenvalue weighted by Gasteiger charge is 2.15. The van der Waals surface area contributed by atoms with E-state index in [1.165, 1.54) is 85.0 Å². The SMILES string of the molecule is Cc1cc([N+](=O)[O-])ccc1N=C=O.Cc1ccc(N=C=O)c([N+](=O)[O-])c1.Cc1ccc(N=C=O)cc1[N+](=O)[O-].O=C=Nc1cc([N+](=O)[O-])ccc1F.O=C=Nc1ccc(Cl)cc1[N+](=O)[O-]. The molecule has 0 bridgehead atoms. The Kier molecular flexibility index (Phi) is 22.2. The predicted molar refractivity (Wildman–Crippen MR) is 224 cm³/mol. The molecule has 25 nitrogen and oxygen atoms in total. The van der Waals surface area contributed by atoms with Gasteiger partial charge in [0, 0.05) is 53.1 Å². The molecule has 0 radical (unpaired) electrons. The van der Waals surface area contributed by atoms with Crippen molar-refractivity contribution in [1.82, 2.24) is 0 Å². The average molecular weight is 915 g/mol. The molecule has 27 heteroatoms. The Balaban J connectivity index is 0.000000406. The van der Waals surface area contributed by atoms with E-state index < -0.39 is 30.4 Å². The Morgan fingerprint density at radius 3 is 1.38 bits per heavy atom. The highest BCUT2D eigenvalue weighted by molar-refractivity contribution is 6.30. The zero-order valence-corrected chi connectivity index (χ0v) is 33.8. The van der Waals surface area contributed by atoms with Crippen molar-refractivity contribution in [3.8, 4) is 0 Å². The van der Waals surface area contributed by atoms with Crippen LogP contribution in [0.2, 0.25) is 5.02 Å². The van der Waals surface area contributed by atoms with Crippen LogP contribution in [0.3, 0.4) is 0 Å².